The molecule has 20 heavy (non-hydrogen) atoms. The first-order valence-electron chi connectivity index (χ1n) is 6.17. The maximum atomic E-state index is 11.8. The number of hydrogen-bond acceptors (Lipinski definition) is 5. The molecular formula is C12H15N5O2S. The molecule has 0 spiro atoms. The Kier molecular flexibility index (Phi) is 4.57. The number of carbonyl (C=O) groups is 2. The van der Waals surface area contributed by atoms with Gasteiger partial charge in [-0.3, -0.25) is 14.5 Å². The summed E-state index contributed by atoms with van der Waals surface area (Å²) in [7, 11) is 0. The number of amides is 3. The lowest BCUT2D eigenvalue weighted by Crippen LogP contribution is -2.42. The van der Waals surface area contributed by atoms with Crippen LogP contribution in [0.25, 0.3) is 5.65 Å². The average molecular weight is 293 g/mol. The summed E-state index contributed by atoms with van der Waals surface area (Å²) in [5, 5.41) is 13.0. The third-order valence-electron chi connectivity index (χ3n) is 2.51. The average Bonchev–Trinajstić information content (AvgIpc) is 2.82. The highest BCUT2D eigenvalue weighted by Crippen LogP contribution is 2.21. The summed E-state index contributed by atoms with van der Waals surface area (Å²) in [5.74, 6) is -0.367. The number of fused-ring (bicyclic) bond motifs is 1. The van der Waals surface area contributed by atoms with E-state index in [0.29, 0.717) is 17.3 Å². The van der Waals surface area contributed by atoms with Crippen LogP contribution in [0.1, 0.15) is 13.8 Å². The molecule has 2 heterocycles. The minimum absolute atomic E-state index is 0.367. The van der Waals surface area contributed by atoms with E-state index >= 15 is 0 Å². The number of pyridine rings is 1. The largest absolute Gasteiger partial charge is 0.338 e. The second-order valence-corrected chi connectivity index (χ2v) is 5.33. The quantitative estimate of drug-likeness (QED) is 0.823. The molecule has 106 valence electrons. The molecule has 0 aliphatic heterocycles. The van der Waals surface area contributed by atoms with Crippen molar-refractivity contribution < 1.29 is 9.59 Å². The summed E-state index contributed by atoms with van der Waals surface area (Å²) in [6.45, 7) is 3.96. The number of rotatable bonds is 4. The molecule has 0 saturated heterocycles. The van der Waals surface area contributed by atoms with Gasteiger partial charge in [-0.25, -0.2) is 4.79 Å². The van der Waals surface area contributed by atoms with Crippen molar-refractivity contribution in [3.05, 3.63) is 24.4 Å². The van der Waals surface area contributed by atoms with Crippen LogP contribution in [-0.4, -0.2) is 38.3 Å². The fourth-order valence-electron chi connectivity index (χ4n) is 1.53. The molecule has 0 fully saturated rings. The SMILES string of the molecule is CCNC(=O)NC(=O)[C@@H](C)Sc1nnc2ccccn12. The topological polar surface area (TPSA) is 88.4 Å². The predicted octanol–water partition coefficient (Wildman–Crippen LogP) is 1.06. The van der Waals surface area contributed by atoms with E-state index in [2.05, 4.69) is 20.8 Å². The first-order valence-corrected chi connectivity index (χ1v) is 7.05. The molecular weight excluding hydrogens is 278 g/mol. The van der Waals surface area contributed by atoms with Gasteiger partial charge in [-0.15, -0.1) is 10.2 Å². The normalized spacial score (nSPS) is 12.1. The zero-order valence-electron chi connectivity index (χ0n) is 11.2. The minimum Gasteiger partial charge on any atom is -0.338 e. The van der Waals surface area contributed by atoms with Gasteiger partial charge in [-0.2, -0.15) is 0 Å². The van der Waals surface area contributed by atoms with Crippen molar-refractivity contribution in [2.45, 2.75) is 24.3 Å². The molecule has 0 bridgehead atoms. The van der Waals surface area contributed by atoms with E-state index in [0.717, 1.165) is 0 Å². The second-order valence-electron chi connectivity index (χ2n) is 4.02. The van der Waals surface area contributed by atoms with Gasteiger partial charge in [0, 0.05) is 12.7 Å². The fraction of sp³-hybridized carbons (Fsp3) is 0.333. The maximum Gasteiger partial charge on any atom is 0.321 e. The summed E-state index contributed by atoms with van der Waals surface area (Å²) in [5.41, 5.74) is 0.714. The minimum atomic E-state index is -0.490. The Bertz CT molecular complexity index is 627. The Morgan fingerprint density at radius 1 is 1.40 bits per heavy atom. The van der Waals surface area contributed by atoms with E-state index in [9.17, 15) is 9.59 Å². The zero-order valence-corrected chi connectivity index (χ0v) is 12.0. The van der Waals surface area contributed by atoms with Gasteiger partial charge in [0.1, 0.15) is 0 Å². The summed E-state index contributed by atoms with van der Waals surface area (Å²) in [6.07, 6.45) is 1.83. The van der Waals surface area contributed by atoms with Gasteiger partial charge in [0.25, 0.3) is 0 Å². The van der Waals surface area contributed by atoms with Gasteiger partial charge in [0.2, 0.25) is 5.91 Å². The van der Waals surface area contributed by atoms with E-state index in [1.165, 1.54) is 11.8 Å². The number of aromatic nitrogens is 3. The van der Waals surface area contributed by atoms with Crippen LogP contribution in [0, 0.1) is 0 Å². The smallest absolute Gasteiger partial charge is 0.321 e. The van der Waals surface area contributed by atoms with Gasteiger partial charge >= 0.3 is 6.03 Å². The summed E-state index contributed by atoms with van der Waals surface area (Å²) >= 11 is 1.25. The zero-order chi connectivity index (χ0) is 14.5. The molecule has 0 unspecified atom stereocenters. The van der Waals surface area contributed by atoms with E-state index in [4.69, 9.17) is 0 Å². The van der Waals surface area contributed by atoms with Crippen LogP contribution >= 0.6 is 11.8 Å². The van der Waals surface area contributed by atoms with Crippen LogP contribution in [0.2, 0.25) is 0 Å². The second kappa shape index (κ2) is 6.38. The lowest BCUT2D eigenvalue weighted by molar-refractivity contribution is -0.119. The van der Waals surface area contributed by atoms with Crippen molar-refractivity contribution >= 4 is 29.3 Å². The maximum absolute atomic E-state index is 11.8. The monoisotopic (exact) mass is 293 g/mol. The van der Waals surface area contributed by atoms with Gasteiger partial charge < -0.3 is 5.32 Å². The molecule has 7 nitrogen and oxygen atoms in total. The van der Waals surface area contributed by atoms with Crippen LogP contribution < -0.4 is 10.6 Å². The molecule has 8 heteroatoms. The standard InChI is InChI=1S/C12H15N5O2S/c1-3-13-11(19)14-10(18)8(2)20-12-16-15-9-6-4-5-7-17(9)12/h4-8H,3H2,1-2H3,(H2,13,14,18,19)/t8-/m1/s1. The summed E-state index contributed by atoms with van der Waals surface area (Å²) in [6, 6.07) is 5.07. The Morgan fingerprint density at radius 3 is 2.95 bits per heavy atom. The lowest BCUT2D eigenvalue weighted by atomic mass is 10.4. The third-order valence-corrected chi connectivity index (χ3v) is 3.56. The van der Waals surface area contributed by atoms with Crippen LogP contribution in [0.3, 0.4) is 0 Å². The molecule has 0 aliphatic rings. The molecule has 2 aromatic heterocycles. The van der Waals surface area contributed by atoms with Gasteiger partial charge in [-0.1, -0.05) is 17.8 Å². The van der Waals surface area contributed by atoms with Gasteiger partial charge in [0.05, 0.1) is 5.25 Å². The Morgan fingerprint density at radius 2 is 2.20 bits per heavy atom. The van der Waals surface area contributed by atoms with Crippen molar-refractivity contribution in [2.75, 3.05) is 6.54 Å². The van der Waals surface area contributed by atoms with Gasteiger partial charge in [0.15, 0.2) is 10.8 Å². The molecule has 0 saturated carbocycles. The molecule has 0 radical (unpaired) electrons. The number of urea groups is 1. The van der Waals surface area contributed by atoms with Crippen molar-refractivity contribution in [1.82, 2.24) is 25.2 Å². The van der Waals surface area contributed by atoms with Gasteiger partial charge in [-0.05, 0) is 26.0 Å². The lowest BCUT2D eigenvalue weighted by Gasteiger charge is -2.10. The number of carbonyl (C=O) groups excluding carboxylic acids is 2. The van der Waals surface area contributed by atoms with Crippen molar-refractivity contribution in [3.63, 3.8) is 0 Å². The molecule has 3 amide bonds. The van der Waals surface area contributed by atoms with E-state index in [-0.39, 0.29) is 5.91 Å². The molecule has 0 aliphatic carbocycles. The Balaban J connectivity index is 2.02. The first kappa shape index (κ1) is 14.3. The van der Waals surface area contributed by atoms with E-state index < -0.39 is 11.3 Å². The summed E-state index contributed by atoms with van der Waals surface area (Å²) < 4.78 is 1.79. The van der Waals surface area contributed by atoms with Crippen molar-refractivity contribution in [3.8, 4) is 0 Å². The van der Waals surface area contributed by atoms with Crippen LogP contribution in [0.15, 0.2) is 29.6 Å². The van der Waals surface area contributed by atoms with Crippen LogP contribution in [0.4, 0.5) is 4.79 Å². The molecule has 2 N–H and O–H groups in total. The third kappa shape index (κ3) is 3.27. The Labute approximate surface area is 120 Å². The van der Waals surface area contributed by atoms with E-state index in [1.54, 1.807) is 18.2 Å². The molecule has 2 rings (SSSR count). The molecule has 2 aromatic rings. The fourth-order valence-corrected chi connectivity index (χ4v) is 2.37. The molecule has 0 aromatic carbocycles. The number of thioether (sulfide) groups is 1. The van der Waals surface area contributed by atoms with Crippen molar-refractivity contribution in [1.29, 1.82) is 0 Å². The van der Waals surface area contributed by atoms with Crippen molar-refractivity contribution in [2.24, 2.45) is 0 Å². The van der Waals surface area contributed by atoms with E-state index in [1.807, 2.05) is 24.4 Å². The highest BCUT2D eigenvalue weighted by Gasteiger charge is 2.19. The number of nitrogens with zero attached hydrogens (tertiary/aromatic N) is 3. The Hall–Kier alpha value is -2.09. The predicted molar refractivity (Wildman–Crippen MR) is 75.5 cm³/mol. The number of nitrogens with one attached hydrogen (secondary N) is 2. The number of hydrogen-bond donors (Lipinski definition) is 2. The first-order chi connectivity index (χ1) is 9.61. The van der Waals surface area contributed by atoms with Crippen LogP contribution in [0.5, 0.6) is 0 Å². The number of imide groups is 1. The van der Waals surface area contributed by atoms with Crippen LogP contribution in [-0.2, 0) is 4.79 Å². The highest BCUT2D eigenvalue weighted by atomic mass is 32.2. The molecule has 1 atom stereocenters. The summed E-state index contributed by atoms with van der Waals surface area (Å²) in [4.78, 5) is 23.1. The highest BCUT2D eigenvalue weighted by molar-refractivity contribution is 8.00.